The molecule has 0 radical (unpaired) electrons. The van der Waals surface area contributed by atoms with E-state index in [1.165, 1.54) is 11.3 Å². The van der Waals surface area contributed by atoms with Crippen LogP contribution in [0.4, 0.5) is 5.13 Å². The van der Waals surface area contributed by atoms with Crippen LogP contribution in [-0.4, -0.2) is 30.0 Å². The smallest absolute Gasteiger partial charge is 0.248 e. The van der Waals surface area contributed by atoms with Gasteiger partial charge in [-0.2, -0.15) is 0 Å². The molecule has 25 heavy (non-hydrogen) atoms. The van der Waals surface area contributed by atoms with E-state index in [1.54, 1.807) is 18.3 Å². The molecule has 1 saturated heterocycles. The average molecular weight is 359 g/mol. The molecule has 3 rings (SSSR count). The molecule has 2 aromatic rings. The SMILES string of the molecule is NC(=O)c1ccc(CC(C(=O)Nc2nccs2)C2CCOCC2)cc1. The molecule has 6 nitrogen and oxygen atoms in total. The number of aromatic nitrogens is 1. The van der Waals surface area contributed by atoms with E-state index in [9.17, 15) is 9.59 Å². The third-order valence-corrected chi connectivity index (χ3v) is 5.22. The second-order valence-corrected chi connectivity index (χ2v) is 7.04. The van der Waals surface area contributed by atoms with Crippen molar-refractivity contribution in [2.24, 2.45) is 17.6 Å². The van der Waals surface area contributed by atoms with E-state index < -0.39 is 5.91 Å². The Kier molecular flexibility index (Phi) is 5.78. The van der Waals surface area contributed by atoms with Gasteiger partial charge in [-0.1, -0.05) is 12.1 Å². The molecule has 132 valence electrons. The molecule has 1 atom stereocenters. The number of hydrogen-bond acceptors (Lipinski definition) is 5. The maximum Gasteiger partial charge on any atom is 0.248 e. The van der Waals surface area contributed by atoms with Crippen molar-refractivity contribution in [1.82, 2.24) is 4.98 Å². The number of nitrogens with two attached hydrogens (primary N) is 1. The van der Waals surface area contributed by atoms with Gasteiger partial charge in [0.1, 0.15) is 0 Å². The van der Waals surface area contributed by atoms with Crippen LogP contribution in [0.25, 0.3) is 0 Å². The van der Waals surface area contributed by atoms with Crippen LogP contribution in [0.15, 0.2) is 35.8 Å². The zero-order valence-corrected chi connectivity index (χ0v) is 14.6. The highest BCUT2D eigenvalue weighted by atomic mass is 32.1. The van der Waals surface area contributed by atoms with Gasteiger partial charge in [0.05, 0.1) is 0 Å². The molecule has 0 saturated carbocycles. The number of nitrogens with zero attached hydrogens (tertiary/aromatic N) is 1. The van der Waals surface area contributed by atoms with Crippen molar-refractivity contribution in [3.05, 3.63) is 47.0 Å². The Hall–Kier alpha value is -2.25. The lowest BCUT2D eigenvalue weighted by atomic mass is 9.81. The van der Waals surface area contributed by atoms with Gasteiger partial charge in [0, 0.05) is 36.3 Å². The third kappa shape index (κ3) is 4.64. The quantitative estimate of drug-likeness (QED) is 0.828. The van der Waals surface area contributed by atoms with Crippen molar-refractivity contribution in [3.63, 3.8) is 0 Å². The lowest BCUT2D eigenvalue weighted by molar-refractivity contribution is -0.122. The molecule has 1 aromatic carbocycles. The monoisotopic (exact) mass is 359 g/mol. The molecule has 2 heterocycles. The highest BCUT2D eigenvalue weighted by Gasteiger charge is 2.30. The van der Waals surface area contributed by atoms with Crippen LogP contribution in [0.1, 0.15) is 28.8 Å². The first-order valence-electron chi connectivity index (χ1n) is 8.30. The predicted molar refractivity (Wildman–Crippen MR) is 96.4 cm³/mol. The summed E-state index contributed by atoms with van der Waals surface area (Å²) in [5.41, 5.74) is 6.76. The molecule has 1 aliphatic heterocycles. The number of ether oxygens (including phenoxy) is 1. The van der Waals surface area contributed by atoms with Gasteiger partial charge < -0.3 is 15.8 Å². The fourth-order valence-corrected chi connectivity index (χ4v) is 3.67. The summed E-state index contributed by atoms with van der Waals surface area (Å²) < 4.78 is 5.43. The highest BCUT2D eigenvalue weighted by molar-refractivity contribution is 7.13. The van der Waals surface area contributed by atoms with Crippen LogP contribution < -0.4 is 11.1 Å². The minimum Gasteiger partial charge on any atom is -0.381 e. The van der Waals surface area contributed by atoms with Gasteiger partial charge in [-0.3, -0.25) is 9.59 Å². The maximum atomic E-state index is 12.8. The first kappa shape index (κ1) is 17.6. The summed E-state index contributed by atoms with van der Waals surface area (Å²) in [6, 6.07) is 7.14. The lowest BCUT2D eigenvalue weighted by Crippen LogP contribution is -2.34. The number of amides is 2. The Morgan fingerprint density at radius 3 is 2.60 bits per heavy atom. The molecule has 0 spiro atoms. The van der Waals surface area contributed by atoms with E-state index in [0.717, 1.165) is 18.4 Å². The summed E-state index contributed by atoms with van der Waals surface area (Å²) in [5.74, 6) is -0.355. The van der Waals surface area contributed by atoms with Crippen LogP contribution in [0.5, 0.6) is 0 Å². The van der Waals surface area contributed by atoms with Crippen LogP contribution in [0.3, 0.4) is 0 Å². The average Bonchev–Trinajstić information content (AvgIpc) is 3.13. The third-order valence-electron chi connectivity index (χ3n) is 4.53. The number of thiazole rings is 1. The molecule has 1 unspecified atom stereocenters. The lowest BCUT2D eigenvalue weighted by Gasteiger charge is -2.29. The summed E-state index contributed by atoms with van der Waals surface area (Å²) in [7, 11) is 0. The van der Waals surface area contributed by atoms with Crippen molar-refractivity contribution < 1.29 is 14.3 Å². The first-order chi connectivity index (χ1) is 12.1. The summed E-state index contributed by atoms with van der Waals surface area (Å²) in [6.07, 6.45) is 4.03. The molecule has 0 aliphatic carbocycles. The van der Waals surface area contributed by atoms with Crippen molar-refractivity contribution in [3.8, 4) is 0 Å². The molecular formula is C18H21N3O3S. The molecule has 1 fully saturated rings. The normalized spacial score (nSPS) is 16.3. The summed E-state index contributed by atoms with van der Waals surface area (Å²) >= 11 is 1.41. The second-order valence-electron chi connectivity index (χ2n) is 6.15. The van der Waals surface area contributed by atoms with Crippen molar-refractivity contribution in [1.29, 1.82) is 0 Å². The fourth-order valence-electron chi connectivity index (χ4n) is 3.13. The minimum atomic E-state index is -0.450. The number of anilines is 1. The Balaban J connectivity index is 1.75. The standard InChI is InChI=1S/C18H21N3O3S/c19-16(22)14-3-1-12(2-4-14)11-15(13-5-8-24-9-6-13)17(23)21-18-20-7-10-25-18/h1-4,7,10,13,15H,5-6,8-9,11H2,(H2,19,22)(H,20,21,23). The van der Waals surface area contributed by atoms with Crippen LogP contribution >= 0.6 is 11.3 Å². The van der Waals surface area contributed by atoms with Crippen LogP contribution in [-0.2, 0) is 16.0 Å². The number of benzene rings is 1. The van der Waals surface area contributed by atoms with Crippen molar-refractivity contribution >= 4 is 28.3 Å². The summed E-state index contributed by atoms with van der Waals surface area (Å²) in [5, 5.41) is 5.37. The summed E-state index contributed by atoms with van der Waals surface area (Å²) in [6.45, 7) is 1.37. The highest BCUT2D eigenvalue weighted by Crippen LogP contribution is 2.28. The second kappa shape index (κ2) is 8.22. The Labute approximate surface area is 150 Å². The number of hydrogen-bond donors (Lipinski definition) is 2. The van der Waals surface area contributed by atoms with Gasteiger partial charge >= 0.3 is 0 Å². The van der Waals surface area contributed by atoms with Crippen molar-refractivity contribution in [2.75, 3.05) is 18.5 Å². The molecule has 7 heteroatoms. The van der Waals surface area contributed by atoms with E-state index >= 15 is 0 Å². The predicted octanol–water partition coefficient (Wildman–Crippen LogP) is 2.47. The number of primary amides is 1. The molecular weight excluding hydrogens is 338 g/mol. The van der Waals surface area contributed by atoms with E-state index in [-0.39, 0.29) is 17.7 Å². The van der Waals surface area contributed by atoms with Gasteiger partial charge in [0.25, 0.3) is 0 Å². The summed E-state index contributed by atoms with van der Waals surface area (Å²) in [4.78, 5) is 28.2. The molecule has 2 amide bonds. The topological polar surface area (TPSA) is 94.3 Å². The largest absolute Gasteiger partial charge is 0.381 e. The molecule has 0 bridgehead atoms. The van der Waals surface area contributed by atoms with E-state index in [2.05, 4.69) is 10.3 Å². The number of nitrogens with one attached hydrogen (secondary N) is 1. The van der Waals surface area contributed by atoms with Gasteiger partial charge in [-0.25, -0.2) is 4.98 Å². The van der Waals surface area contributed by atoms with E-state index in [0.29, 0.717) is 30.3 Å². The zero-order valence-electron chi connectivity index (χ0n) is 13.8. The first-order valence-corrected chi connectivity index (χ1v) is 9.18. The van der Waals surface area contributed by atoms with E-state index in [1.807, 2.05) is 17.5 Å². The number of carbonyl (C=O) groups is 2. The Bertz CT molecular complexity index is 710. The van der Waals surface area contributed by atoms with Gasteiger partial charge in [-0.15, -0.1) is 11.3 Å². The Morgan fingerprint density at radius 1 is 1.28 bits per heavy atom. The molecule has 1 aromatic heterocycles. The van der Waals surface area contributed by atoms with Crippen LogP contribution in [0, 0.1) is 11.8 Å². The van der Waals surface area contributed by atoms with E-state index in [4.69, 9.17) is 10.5 Å². The molecule has 3 N–H and O–H groups in total. The Morgan fingerprint density at radius 2 is 2.00 bits per heavy atom. The molecule has 1 aliphatic rings. The van der Waals surface area contributed by atoms with Crippen molar-refractivity contribution in [2.45, 2.75) is 19.3 Å². The van der Waals surface area contributed by atoms with Gasteiger partial charge in [0.15, 0.2) is 5.13 Å². The van der Waals surface area contributed by atoms with Crippen LogP contribution in [0.2, 0.25) is 0 Å². The number of carbonyl (C=O) groups excluding carboxylic acids is 2. The fraction of sp³-hybridized carbons (Fsp3) is 0.389. The zero-order chi connectivity index (χ0) is 17.6. The van der Waals surface area contributed by atoms with Gasteiger partial charge in [0.2, 0.25) is 11.8 Å². The van der Waals surface area contributed by atoms with Gasteiger partial charge in [-0.05, 0) is 42.9 Å². The minimum absolute atomic E-state index is 0.0131. The maximum absolute atomic E-state index is 12.8. The number of rotatable bonds is 6.